The van der Waals surface area contributed by atoms with Gasteiger partial charge in [-0.15, -0.1) is 11.3 Å². The zero-order valence-corrected chi connectivity index (χ0v) is 18.0. The second-order valence-electron chi connectivity index (χ2n) is 6.35. The molecule has 0 spiro atoms. The van der Waals surface area contributed by atoms with Gasteiger partial charge in [0.05, 0.1) is 5.69 Å². The Kier molecular flexibility index (Phi) is 7.40. The van der Waals surface area contributed by atoms with Gasteiger partial charge in [-0.1, -0.05) is 6.07 Å². The number of rotatable bonds is 8. The molecule has 1 unspecified atom stereocenters. The number of aromatic nitrogens is 2. The van der Waals surface area contributed by atoms with E-state index in [0.29, 0.717) is 16.7 Å². The monoisotopic (exact) mass is 412 g/mol. The van der Waals surface area contributed by atoms with E-state index < -0.39 is 10.0 Å². The zero-order chi connectivity index (χ0) is 20.0. The van der Waals surface area contributed by atoms with Crippen molar-refractivity contribution in [1.82, 2.24) is 25.1 Å². The summed E-state index contributed by atoms with van der Waals surface area (Å²) in [6.45, 7) is 6.87. The number of hydrogen-bond donors (Lipinski definition) is 3. The van der Waals surface area contributed by atoms with Gasteiger partial charge in [0.25, 0.3) is 0 Å². The van der Waals surface area contributed by atoms with Gasteiger partial charge >= 0.3 is 0 Å². The van der Waals surface area contributed by atoms with Crippen LogP contribution >= 0.6 is 11.3 Å². The highest BCUT2D eigenvalue weighted by molar-refractivity contribution is 7.91. The van der Waals surface area contributed by atoms with Crippen LogP contribution in [0.15, 0.2) is 26.7 Å². The molecule has 0 amide bonds. The summed E-state index contributed by atoms with van der Waals surface area (Å²) < 4.78 is 28.9. The maximum Gasteiger partial charge on any atom is 0.250 e. The van der Waals surface area contributed by atoms with Crippen molar-refractivity contribution in [2.24, 2.45) is 12.0 Å². The number of guanidine groups is 1. The third-order valence-electron chi connectivity index (χ3n) is 4.25. The molecule has 2 aromatic heterocycles. The lowest BCUT2D eigenvalue weighted by Gasteiger charge is -2.18. The molecule has 150 valence electrons. The number of nitrogens with zero attached hydrogens (tertiary/aromatic N) is 3. The molecule has 27 heavy (non-hydrogen) atoms. The quantitative estimate of drug-likeness (QED) is 0.343. The van der Waals surface area contributed by atoms with Crippen LogP contribution in [0.25, 0.3) is 0 Å². The fourth-order valence-electron chi connectivity index (χ4n) is 2.75. The lowest BCUT2D eigenvalue weighted by Crippen LogP contribution is -2.45. The second-order valence-corrected chi connectivity index (χ2v) is 9.29. The van der Waals surface area contributed by atoms with Gasteiger partial charge in [0, 0.05) is 38.9 Å². The fourth-order valence-corrected chi connectivity index (χ4v) is 4.82. The molecule has 0 aliphatic rings. The number of aryl methyl sites for hydroxylation is 2. The van der Waals surface area contributed by atoms with E-state index in [-0.39, 0.29) is 12.6 Å². The van der Waals surface area contributed by atoms with Crippen LogP contribution in [-0.4, -0.2) is 50.3 Å². The van der Waals surface area contributed by atoms with E-state index in [1.54, 1.807) is 24.6 Å². The van der Waals surface area contributed by atoms with Gasteiger partial charge in [0.15, 0.2) is 5.96 Å². The van der Waals surface area contributed by atoms with Crippen molar-refractivity contribution in [2.45, 2.75) is 37.4 Å². The molecule has 0 fully saturated rings. The predicted octanol–water partition coefficient (Wildman–Crippen LogP) is 1.17. The number of sulfonamides is 1. The summed E-state index contributed by atoms with van der Waals surface area (Å²) in [5.41, 5.74) is 3.43. The predicted molar refractivity (Wildman–Crippen MR) is 110 cm³/mol. The molecule has 1 atom stereocenters. The summed E-state index contributed by atoms with van der Waals surface area (Å²) in [7, 11) is 0.205. The molecule has 0 aliphatic heterocycles. The molecular weight excluding hydrogens is 384 g/mol. The molecule has 3 N–H and O–H groups in total. The molecule has 0 aromatic carbocycles. The van der Waals surface area contributed by atoms with Crippen molar-refractivity contribution in [2.75, 3.05) is 20.1 Å². The fraction of sp³-hybridized carbons (Fsp3) is 0.529. The van der Waals surface area contributed by atoms with Crippen LogP contribution in [0.2, 0.25) is 0 Å². The number of nitrogens with one attached hydrogen (secondary N) is 3. The average Bonchev–Trinajstić information content (AvgIpc) is 3.23. The first-order valence-corrected chi connectivity index (χ1v) is 11.1. The van der Waals surface area contributed by atoms with Gasteiger partial charge in [-0.05, 0) is 44.2 Å². The van der Waals surface area contributed by atoms with Gasteiger partial charge in [-0.2, -0.15) is 5.10 Å². The highest BCUT2D eigenvalue weighted by Gasteiger charge is 2.15. The van der Waals surface area contributed by atoms with Crippen LogP contribution in [0, 0.1) is 13.8 Å². The van der Waals surface area contributed by atoms with Crippen molar-refractivity contribution in [3.63, 3.8) is 0 Å². The molecular formula is C17H28N6O2S2. The summed E-state index contributed by atoms with van der Waals surface area (Å²) in [4.78, 5) is 4.20. The van der Waals surface area contributed by atoms with E-state index in [1.165, 1.54) is 16.9 Å². The Morgan fingerprint density at radius 3 is 2.67 bits per heavy atom. The SMILES string of the molecule is CN=C(NCCNS(=O)(=O)c1cccs1)NC(C)Cc1c(C)nn(C)c1C. The number of aliphatic imine (C=N–C) groups is 1. The summed E-state index contributed by atoms with van der Waals surface area (Å²) >= 11 is 1.20. The van der Waals surface area contributed by atoms with Gasteiger partial charge in [-0.3, -0.25) is 9.67 Å². The smallest absolute Gasteiger partial charge is 0.250 e. The third kappa shape index (κ3) is 5.78. The highest BCUT2D eigenvalue weighted by Crippen LogP contribution is 2.15. The van der Waals surface area contributed by atoms with Crippen LogP contribution in [0.3, 0.4) is 0 Å². The van der Waals surface area contributed by atoms with Crippen LogP contribution in [0.4, 0.5) is 0 Å². The van der Waals surface area contributed by atoms with Crippen LogP contribution in [0.1, 0.15) is 23.9 Å². The molecule has 0 radical (unpaired) electrons. The molecule has 8 nitrogen and oxygen atoms in total. The van der Waals surface area contributed by atoms with Crippen molar-refractivity contribution < 1.29 is 8.42 Å². The molecule has 10 heteroatoms. The highest BCUT2D eigenvalue weighted by atomic mass is 32.2. The first-order valence-electron chi connectivity index (χ1n) is 8.74. The molecule has 0 aliphatic carbocycles. The Morgan fingerprint density at radius 1 is 1.37 bits per heavy atom. The van der Waals surface area contributed by atoms with Crippen molar-refractivity contribution in [3.05, 3.63) is 34.5 Å². The maximum atomic E-state index is 12.1. The second kappa shape index (κ2) is 9.34. The Labute approximate surface area is 165 Å². The van der Waals surface area contributed by atoms with Crippen molar-refractivity contribution in [3.8, 4) is 0 Å². The largest absolute Gasteiger partial charge is 0.355 e. The summed E-state index contributed by atoms with van der Waals surface area (Å²) in [6, 6.07) is 3.46. The lowest BCUT2D eigenvalue weighted by molar-refractivity contribution is 0.581. The van der Waals surface area contributed by atoms with E-state index in [2.05, 4.69) is 39.3 Å². The molecule has 0 bridgehead atoms. The number of thiophene rings is 1. The minimum Gasteiger partial charge on any atom is -0.355 e. The minimum atomic E-state index is -3.43. The molecule has 2 aromatic rings. The van der Waals surface area contributed by atoms with E-state index in [9.17, 15) is 8.42 Å². The Hall–Kier alpha value is -1.91. The Morgan fingerprint density at radius 2 is 2.11 bits per heavy atom. The standard InChI is InChI=1S/C17H28N6O2S2/c1-12(11-15-13(2)22-23(5)14(15)3)21-17(18-4)19-8-9-20-27(24,25)16-7-6-10-26-16/h6-7,10,12,20H,8-9,11H2,1-5H3,(H2,18,19,21). The van der Waals surface area contributed by atoms with E-state index in [0.717, 1.165) is 17.8 Å². The molecule has 2 rings (SSSR count). The first-order chi connectivity index (χ1) is 12.7. The third-order valence-corrected chi connectivity index (χ3v) is 7.10. The van der Waals surface area contributed by atoms with Crippen molar-refractivity contribution in [1.29, 1.82) is 0 Å². The van der Waals surface area contributed by atoms with Crippen molar-refractivity contribution >= 4 is 27.3 Å². The van der Waals surface area contributed by atoms with Crippen LogP contribution in [0.5, 0.6) is 0 Å². The van der Waals surface area contributed by atoms with Gasteiger partial charge in [0.1, 0.15) is 4.21 Å². The van der Waals surface area contributed by atoms with E-state index in [1.807, 2.05) is 18.7 Å². The Bertz CT molecular complexity index is 872. The van der Waals surface area contributed by atoms with Crippen LogP contribution < -0.4 is 15.4 Å². The molecule has 2 heterocycles. The average molecular weight is 413 g/mol. The zero-order valence-electron chi connectivity index (χ0n) is 16.4. The topological polar surface area (TPSA) is 100 Å². The molecule has 0 saturated carbocycles. The number of hydrogen-bond acceptors (Lipinski definition) is 5. The summed E-state index contributed by atoms with van der Waals surface area (Å²) in [5, 5.41) is 12.7. The van der Waals surface area contributed by atoms with Gasteiger partial charge < -0.3 is 10.6 Å². The minimum absolute atomic E-state index is 0.153. The maximum absolute atomic E-state index is 12.1. The van der Waals surface area contributed by atoms with E-state index in [4.69, 9.17) is 0 Å². The van der Waals surface area contributed by atoms with E-state index >= 15 is 0 Å². The van der Waals surface area contributed by atoms with Gasteiger partial charge in [0.2, 0.25) is 10.0 Å². The van der Waals surface area contributed by atoms with Crippen LogP contribution in [-0.2, 0) is 23.5 Å². The Balaban J connectivity index is 1.80. The summed E-state index contributed by atoms with van der Waals surface area (Å²) in [5.74, 6) is 0.636. The normalized spacial score (nSPS) is 13.6. The first kappa shape index (κ1) is 21.4. The lowest BCUT2D eigenvalue weighted by atomic mass is 10.1. The van der Waals surface area contributed by atoms with Gasteiger partial charge in [-0.25, -0.2) is 13.1 Å². The summed E-state index contributed by atoms with van der Waals surface area (Å²) in [6.07, 6.45) is 0.831. The molecule has 0 saturated heterocycles.